The predicted molar refractivity (Wildman–Crippen MR) is 82.0 cm³/mol. The van der Waals surface area contributed by atoms with E-state index in [1.54, 1.807) is 4.31 Å². The monoisotopic (exact) mass is 303 g/mol. The number of rotatable bonds is 4. The van der Waals surface area contributed by atoms with E-state index in [9.17, 15) is 8.42 Å². The van der Waals surface area contributed by atoms with E-state index < -0.39 is 10.0 Å². The molecule has 2 aliphatic rings. The van der Waals surface area contributed by atoms with Gasteiger partial charge in [-0.3, -0.25) is 0 Å². The molecule has 2 rings (SSSR count). The van der Waals surface area contributed by atoms with E-state index in [1.807, 2.05) is 0 Å². The molecule has 1 aliphatic carbocycles. The third-order valence-electron chi connectivity index (χ3n) is 5.13. The standard InChI is InChI=1S/C14H29N3O2S/c1-13-3-5-14(11-15,6-4-13)12-16-7-9-17(10-8-16)20(2,18)19/h13H,3-12,15H2,1-2H3. The summed E-state index contributed by atoms with van der Waals surface area (Å²) in [5.74, 6) is 0.830. The van der Waals surface area contributed by atoms with E-state index in [-0.39, 0.29) is 5.41 Å². The average molecular weight is 303 g/mol. The third kappa shape index (κ3) is 3.93. The lowest BCUT2D eigenvalue weighted by atomic mass is 9.70. The third-order valence-corrected chi connectivity index (χ3v) is 6.43. The molecule has 1 saturated carbocycles. The van der Waals surface area contributed by atoms with Crippen molar-refractivity contribution in [2.75, 3.05) is 45.5 Å². The average Bonchev–Trinajstić information content (AvgIpc) is 2.41. The SMILES string of the molecule is CC1CCC(CN)(CN2CCN(S(C)(=O)=O)CC2)CC1. The molecule has 20 heavy (non-hydrogen) atoms. The van der Waals surface area contributed by atoms with Crippen molar-refractivity contribution in [3.8, 4) is 0 Å². The second-order valence-corrected chi connectivity index (χ2v) is 8.81. The summed E-state index contributed by atoms with van der Waals surface area (Å²) in [6, 6.07) is 0. The number of hydrogen-bond acceptors (Lipinski definition) is 4. The molecule has 0 atom stereocenters. The van der Waals surface area contributed by atoms with Gasteiger partial charge in [0.1, 0.15) is 0 Å². The van der Waals surface area contributed by atoms with Crippen molar-refractivity contribution in [2.24, 2.45) is 17.1 Å². The molecule has 5 nitrogen and oxygen atoms in total. The highest BCUT2D eigenvalue weighted by atomic mass is 32.2. The van der Waals surface area contributed by atoms with Gasteiger partial charge in [0.25, 0.3) is 0 Å². The van der Waals surface area contributed by atoms with Gasteiger partial charge < -0.3 is 10.6 Å². The van der Waals surface area contributed by atoms with Crippen molar-refractivity contribution in [3.05, 3.63) is 0 Å². The van der Waals surface area contributed by atoms with Crippen molar-refractivity contribution in [2.45, 2.75) is 32.6 Å². The lowest BCUT2D eigenvalue weighted by molar-refractivity contribution is 0.0756. The summed E-state index contributed by atoms with van der Waals surface area (Å²) >= 11 is 0. The second kappa shape index (κ2) is 6.30. The maximum absolute atomic E-state index is 11.5. The first-order valence-corrected chi connectivity index (χ1v) is 9.57. The van der Waals surface area contributed by atoms with Gasteiger partial charge in [-0.05, 0) is 30.7 Å². The van der Waals surface area contributed by atoms with Crippen LogP contribution in [0, 0.1) is 11.3 Å². The summed E-state index contributed by atoms with van der Waals surface area (Å²) in [6.07, 6.45) is 6.29. The lowest BCUT2D eigenvalue weighted by Crippen LogP contribution is -2.53. The maximum atomic E-state index is 11.5. The quantitative estimate of drug-likeness (QED) is 0.831. The van der Waals surface area contributed by atoms with Crippen LogP contribution >= 0.6 is 0 Å². The minimum atomic E-state index is -3.03. The number of nitrogens with zero attached hydrogens (tertiary/aromatic N) is 2. The van der Waals surface area contributed by atoms with Gasteiger partial charge in [-0.25, -0.2) is 8.42 Å². The fourth-order valence-electron chi connectivity index (χ4n) is 3.49. The van der Waals surface area contributed by atoms with Crippen LogP contribution in [0.4, 0.5) is 0 Å². The zero-order chi connectivity index (χ0) is 14.8. The largest absolute Gasteiger partial charge is 0.330 e. The molecule has 0 radical (unpaired) electrons. The molecule has 0 amide bonds. The second-order valence-electron chi connectivity index (χ2n) is 6.82. The Balaban J connectivity index is 1.88. The van der Waals surface area contributed by atoms with E-state index >= 15 is 0 Å². The summed E-state index contributed by atoms with van der Waals surface area (Å²) < 4.78 is 24.6. The maximum Gasteiger partial charge on any atom is 0.211 e. The molecular formula is C14H29N3O2S. The van der Waals surface area contributed by atoms with Crippen LogP contribution in [0.2, 0.25) is 0 Å². The highest BCUT2D eigenvalue weighted by molar-refractivity contribution is 7.88. The molecule has 0 aromatic rings. The first-order valence-electron chi connectivity index (χ1n) is 7.72. The normalized spacial score (nSPS) is 34.2. The molecule has 118 valence electrons. The topological polar surface area (TPSA) is 66.6 Å². The Kier molecular flexibility index (Phi) is 5.10. The molecule has 1 saturated heterocycles. The molecule has 0 spiro atoms. The first kappa shape index (κ1) is 16.2. The van der Waals surface area contributed by atoms with Crippen LogP contribution in [0.5, 0.6) is 0 Å². The van der Waals surface area contributed by atoms with Gasteiger partial charge in [-0.2, -0.15) is 4.31 Å². The van der Waals surface area contributed by atoms with E-state index in [1.165, 1.54) is 31.9 Å². The van der Waals surface area contributed by atoms with Crippen LogP contribution in [0.1, 0.15) is 32.6 Å². The van der Waals surface area contributed by atoms with Crippen molar-refractivity contribution in [1.82, 2.24) is 9.21 Å². The Bertz CT molecular complexity index is 408. The Morgan fingerprint density at radius 3 is 2.15 bits per heavy atom. The number of hydrogen-bond donors (Lipinski definition) is 1. The Labute approximate surface area is 123 Å². The van der Waals surface area contributed by atoms with Crippen molar-refractivity contribution < 1.29 is 8.42 Å². The van der Waals surface area contributed by atoms with Crippen LogP contribution < -0.4 is 5.73 Å². The van der Waals surface area contributed by atoms with Crippen LogP contribution in [0.15, 0.2) is 0 Å². The Morgan fingerprint density at radius 1 is 1.15 bits per heavy atom. The molecule has 6 heteroatoms. The van der Waals surface area contributed by atoms with Gasteiger partial charge in [-0.15, -0.1) is 0 Å². The van der Waals surface area contributed by atoms with Crippen molar-refractivity contribution in [1.29, 1.82) is 0 Å². The minimum Gasteiger partial charge on any atom is -0.330 e. The first-order chi connectivity index (χ1) is 9.35. The van der Waals surface area contributed by atoms with Gasteiger partial charge in [0.15, 0.2) is 0 Å². The summed E-state index contributed by atoms with van der Waals surface area (Å²) in [7, 11) is -3.03. The van der Waals surface area contributed by atoms with Crippen molar-refractivity contribution in [3.63, 3.8) is 0 Å². The summed E-state index contributed by atoms with van der Waals surface area (Å²) in [5, 5.41) is 0. The highest BCUT2D eigenvalue weighted by Gasteiger charge is 2.35. The molecular weight excluding hydrogens is 274 g/mol. The number of sulfonamides is 1. The van der Waals surface area contributed by atoms with Crippen LogP contribution in [0.25, 0.3) is 0 Å². The van der Waals surface area contributed by atoms with E-state index in [2.05, 4.69) is 11.8 Å². The smallest absolute Gasteiger partial charge is 0.211 e. The van der Waals surface area contributed by atoms with E-state index in [4.69, 9.17) is 5.73 Å². The van der Waals surface area contributed by atoms with Gasteiger partial charge in [0.2, 0.25) is 10.0 Å². The summed E-state index contributed by atoms with van der Waals surface area (Å²) in [5.41, 5.74) is 6.33. The molecule has 0 aromatic heterocycles. The lowest BCUT2D eigenvalue weighted by Gasteiger charge is -2.44. The summed E-state index contributed by atoms with van der Waals surface area (Å²) in [4.78, 5) is 2.41. The van der Waals surface area contributed by atoms with Gasteiger partial charge >= 0.3 is 0 Å². The number of piperazine rings is 1. The van der Waals surface area contributed by atoms with Crippen LogP contribution in [-0.2, 0) is 10.0 Å². The predicted octanol–water partition coefficient (Wildman–Crippen LogP) is 0.719. The Morgan fingerprint density at radius 2 is 1.70 bits per heavy atom. The molecule has 1 aliphatic heterocycles. The van der Waals surface area contributed by atoms with Gasteiger partial charge in [-0.1, -0.05) is 19.8 Å². The highest BCUT2D eigenvalue weighted by Crippen LogP contribution is 2.38. The van der Waals surface area contributed by atoms with Gasteiger partial charge in [0.05, 0.1) is 6.26 Å². The van der Waals surface area contributed by atoms with Crippen LogP contribution in [-0.4, -0.2) is 63.1 Å². The fraction of sp³-hybridized carbons (Fsp3) is 1.00. The molecule has 2 N–H and O–H groups in total. The fourth-order valence-corrected chi connectivity index (χ4v) is 4.32. The molecule has 0 aromatic carbocycles. The summed E-state index contributed by atoms with van der Waals surface area (Å²) in [6.45, 7) is 7.03. The number of nitrogens with two attached hydrogens (primary N) is 1. The van der Waals surface area contributed by atoms with Crippen LogP contribution in [0.3, 0.4) is 0 Å². The Hall–Kier alpha value is -0.170. The van der Waals surface area contributed by atoms with E-state index in [0.717, 1.165) is 32.1 Å². The van der Waals surface area contributed by atoms with Gasteiger partial charge in [0, 0.05) is 32.7 Å². The molecule has 0 bridgehead atoms. The zero-order valence-corrected chi connectivity index (χ0v) is 13.7. The molecule has 2 fully saturated rings. The minimum absolute atomic E-state index is 0.264. The zero-order valence-electron chi connectivity index (χ0n) is 12.8. The molecule has 1 heterocycles. The van der Waals surface area contributed by atoms with E-state index in [0.29, 0.717) is 13.1 Å². The molecule has 0 unspecified atom stereocenters. The van der Waals surface area contributed by atoms with Crippen molar-refractivity contribution >= 4 is 10.0 Å².